The van der Waals surface area contributed by atoms with E-state index in [9.17, 15) is 0 Å². The summed E-state index contributed by atoms with van der Waals surface area (Å²) in [6.45, 7) is 0. The number of H-pyrrole nitrogens is 1. The summed E-state index contributed by atoms with van der Waals surface area (Å²) in [5.74, 6) is 0.838. The van der Waals surface area contributed by atoms with Crippen LogP contribution >= 0.6 is 0 Å². The summed E-state index contributed by atoms with van der Waals surface area (Å²) in [7, 11) is 3.53. The number of hydrogen-bond donors (Lipinski definition) is 1. The van der Waals surface area contributed by atoms with Gasteiger partial charge in [-0.05, 0) is 0 Å². The second-order valence-corrected chi connectivity index (χ2v) is 1.56. The number of aryl methyl sites for hydroxylation is 1. The first-order valence-electron chi connectivity index (χ1n) is 2.42. The monoisotopic (exact) mass is 113 g/mol. The Kier molecular flexibility index (Phi) is 1.20. The molecule has 0 fully saturated rings. The topological polar surface area (TPSA) is 28.9 Å². The Hall–Kier alpha value is -0.990. The number of ether oxygens (including phenoxy) is 1. The Balaban J connectivity index is 2.92. The molecule has 8 heavy (non-hydrogen) atoms. The maximum Gasteiger partial charge on any atom is 0.392 e. The van der Waals surface area contributed by atoms with Crippen molar-refractivity contribution in [2.75, 3.05) is 7.11 Å². The molecule has 1 N–H and O–H groups in total. The summed E-state index contributed by atoms with van der Waals surface area (Å²) >= 11 is 0. The van der Waals surface area contributed by atoms with Gasteiger partial charge in [-0.1, -0.05) is 4.68 Å². The lowest BCUT2D eigenvalue weighted by molar-refractivity contribution is -0.730. The van der Waals surface area contributed by atoms with Crippen molar-refractivity contribution in [2.24, 2.45) is 7.05 Å². The molecule has 3 heteroatoms. The van der Waals surface area contributed by atoms with Gasteiger partial charge >= 0.3 is 5.88 Å². The van der Waals surface area contributed by atoms with Crippen molar-refractivity contribution >= 4 is 0 Å². The Labute approximate surface area is 47.9 Å². The van der Waals surface area contributed by atoms with Gasteiger partial charge in [0.15, 0.2) is 7.05 Å². The molecule has 1 aromatic heterocycles. The first-order chi connectivity index (χ1) is 3.84. The third-order valence-corrected chi connectivity index (χ3v) is 1.03. The fourth-order valence-electron chi connectivity index (χ4n) is 0.601. The second kappa shape index (κ2) is 1.86. The number of nitrogens with one attached hydrogen (secondary N) is 1. The zero-order valence-electron chi connectivity index (χ0n) is 5.01. The Morgan fingerprint density at radius 1 is 1.75 bits per heavy atom. The van der Waals surface area contributed by atoms with Crippen LogP contribution in [0.3, 0.4) is 0 Å². The zero-order chi connectivity index (χ0) is 5.98. The quantitative estimate of drug-likeness (QED) is 0.504. The molecule has 0 unspecified atom stereocenters. The van der Waals surface area contributed by atoms with E-state index < -0.39 is 0 Å². The number of methoxy groups -OCH3 is 1. The maximum absolute atomic E-state index is 4.92. The van der Waals surface area contributed by atoms with Gasteiger partial charge in [0.05, 0.1) is 19.4 Å². The lowest BCUT2D eigenvalue weighted by atomic mass is 10.7. The highest BCUT2D eigenvalue weighted by molar-refractivity contribution is 4.96. The SMILES string of the molecule is COc1cc[nH][n+]1C. The van der Waals surface area contributed by atoms with Gasteiger partial charge in [0, 0.05) is 0 Å². The fourth-order valence-corrected chi connectivity index (χ4v) is 0.601. The maximum atomic E-state index is 4.92. The number of aromatic amines is 1. The number of nitrogens with zero attached hydrogens (tertiary/aromatic N) is 1. The highest BCUT2D eigenvalue weighted by Gasteiger charge is 2.02. The van der Waals surface area contributed by atoms with Gasteiger partial charge in [0.2, 0.25) is 0 Å². The molecule has 0 amide bonds. The van der Waals surface area contributed by atoms with Gasteiger partial charge in [-0.25, -0.2) is 0 Å². The van der Waals surface area contributed by atoms with Crippen LogP contribution < -0.4 is 9.42 Å². The summed E-state index contributed by atoms with van der Waals surface area (Å²) in [6, 6.07) is 1.86. The van der Waals surface area contributed by atoms with E-state index in [1.165, 1.54) is 0 Å². The Morgan fingerprint density at radius 3 is 2.75 bits per heavy atom. The minimum absolute atomic E-state index is 0.838. The van der Waals surface area contributed by atoms with Crippen molar-refractivity contribution in [3.8, 4) is 5.88 Å². The van der Waals surface area contributed by atoms with Crippen LogP contribution in [0.25, 0.3) is 0 Å². The highest BCUT2D eigenvalue weighted by Crippen LogP contribution is 1.95. The normalized spacial score (nSPS) is 9.25. The zero-order valence-corrected chi connectivity index (χ0v) is 5.01. The van der Waals surface area contributed by atoms with E-state index in [2.05, 4.69) is 5.10 Å². The average Bonchev–Trinajstić information content (AvgIpc) is 2.14. The molecule has 1 rings (SSSR count). The molecule has 3 nitrogen and oxygen atoms in total. The van der Waals surface area contributed by atoms with E-state index in [0.717, 1.165) is 5.88 Å². The molecule has 1 heterocycles. The van der Waals surface area contributed by atoms with Crippen molar-refractivity contribution < 1.29 is 9.42 Å². The van der Waals surface area contributed by atoms with E-state index in [1.807, 2.05) is 19.3 Å². The fraction of sp³-hybridized carbons (Fsp3) is 0.400. The van der Waals surface area contributed by atoms with Crippen LogP contribution in [-0.2, 0) is 7.05 Å². The Bertz CT molecular complexity index is 171. The molecular weight excluding hydrogens is 104 g/mol. The molecule has 44 valence electrons. The standard InChI is InChI=1S/C5H8N2O/c1-7-5(8-2)3-4-6-7/h3-4H,1-2H3/p+1. The first-order valence-corrected chi connectivity index (χ1v) is 2.42. The van der Waals surface area contributed by atoms with Gasteiger partial charge < -0.3 is 4.74 Å². The van der Waals surface area contributed by atoms with Crippen molar-refractivity contribution in [1.82, 2.24) is 5.10 Å². The first kappa shape index (κ1) is 5.15. The van der Waals surface area contributed by atoms with Crippen LogP contribution in [0, 0.1) is 0 Å². The second-order valence-electron chi connectivity index (χ2n) is 1.56. The third-order valence-electron chi connectivity index (χ3n) is 1.03. The predicted octanol–water partition coefficient (Wildman–Crippen LogP) is -0.152. The molecule has 0 aromatic carbocycles. The molecule has 0 aliphatic heterocycles. The van der Waals surface area contributed by atoms with Gasteiger partial charge in [0.25, 0.3) is 0 Å². The summed E-state index contributed by atoms with van der Waals surface area (Å²) in [4.78, 5) is 0. The van der Waals surface area contributed by atoms with Crippen LogP contribution in [0.4, 0.5) is 0 Å². The molecule has 0 spiro atoms. The number of hydrogen-bond acceptors (Lipinski definition) is 1. The lowest BCUT2D eigenvalue weighted by Gasteiger charge is -1.85. The summed E-state index contributed by atoms with van der Waals surface area (Å²) in [5, 5.41) is 2.91. The minimum Gasteiger partial charge on any atom is -0.446 e. The van der Waals surface area contributed by atoms with Gasteiger partial charge in [-0.3, -0.25) is 0 Å². The Morgan fingerprint density at radius 2 is 2.50 bits per heavy atom. The van der Waals surface area contributed by atoms with Gasteiger partial charge in [-0.2, -0.15) is 5.10 Å². The summed E-state index contributed by atoms with van der Waals surface area (Å²) in [5.41, 5.74) is 0. The predicted molar refractivity (Wildman–Crippen MR) is 28.5 cm³/mol. The van der Waals surface area contributed by atoms with Crippen molar-refractivity contribution in [3.05, 3.63) is 12.3 Å². The number of rotatable bonds is 1. The van der Waals surface area contributed by atoms with Crippen molar-refractivity contribution in [1.29, 1.82) is 0 Å². The van der Waals surface area contributed by atoms with Crippen molar-refractivity contribution in [2.45, 2.75) is 0 Å². The van der Waals surface area contributed by atoms with E-state index in [4.69, 9.17) is 4.74 Å². The summed E-state index contributed by atoms with van der Waals surface area (Å²) in [6.07, 6.45) is 1.82. The molecule has 1 aromatic rings. The lowest BCUT2D eigenvalue weighted by Crippen LogP contribution is -2.30. The summed E-state index contributed by atoms with van der Waals surface area (Å²) < 4.78 is 6.71. The van der Waals surface area contributed by atoms with E-state index in [1.54, 1.807) is 11.8 Å². The van der Waals surface area contributed by atoms with E-state index in [-0.39, 0.29) is 0 Å². The molecule has 0 saturated heterocycles. The number of aromatic nitrogens is 2. The molecular formula is C5H9N2O+. The molecule has 0 aliphatic rings. The smallest absolute Gasteiger partial charge is 0.392 e. The molecule has 0 saturated carbocycles. The van der Waals surface area contributed by atoms with Crippen LogP contribution in [-0.4, -0.2) is 12.2 Å². The average molecular weight is 113 g/mol. The van der Waals surface area contributed by atoms with E-state index in [0.29, 0.717) is 0 Å². The third kappa shape index (κ3) is 0.665. The van der Waals surface area contributed by atoms with Crippen LogP contribution in [0.5, 0.6) is 5.88 Å². The van der Waals surface area contributed by atoms with Gasteiger partial charge in [-0.15, -0.1) is 0 Å². The highest BCUT2D eigenvalue weighted by atomic mass is 16.5. The molecule has 0 radical (unpaired) electrons. The van der Waals surface area contributed by atoms with Crippen LogP contribution in [0.15, 0.2) is 12.3 Å². The molecule has 0 bridgehead atoms. The minimum atomic E-state index is 0.838. The van der Waals surface area contributed by atoms with Crippen LogP contribution in [0.2, 0.25) is 0 Å². The van der Waals surface area contributed by atoms with Gasteiger partial charge in [0.1, 0.15) is 0 Å². The largest absolute Gasteiger partial charge is 0.446 e. The molecule has 0 aliphatic carbocycles. The molecule has 0 atom stereocenters. The van der Waals surface area contributed by atoms with Crippen LogP contribution in [0.1, 0.15) is 0 Å². The van der Waals surface area contributed by atoms with E-state index >= 15 is 0 Å². The van der Waals surface area contributed by atoms with Crippen molar-refractivity contribution in [3.63, 3.8) is 0 Å².